The first-order chi connectivity index (χ1) is 12.5. The average Bonchev–Trinajstić information content (AvgIpc) is 2.78. The van der Waals surface area contributed by atoms with Crippen molar-refractivity contribution in [2.75, 3.05) is 12.4 Å². The highest BCUT2D eigenvalue weighted by atomic mass is 35.5. The molecule has 138 valence electrons. The summed E-state index contributed by atoms with van der Waals surface area (Å²) < 4.78 is 2.81. The van der Waals surface area contributed by atoms with Crippen LogP contribution in [0.5, 0.6) is 0 Å². The Balaban J connectivity index is 1.78. The van der Waals surface area contributed by atoms with Gasteiger partial charge in [0.1, 0.15) is 12.4 Å². The van der Waals surface area contributed by atoms with E-state index in [0.717, 1.165) is 31.5 Å². The largest absolute Gasteiger partial charge is 0.355 e. The van der Waals surface area contributed by atoms with Crippen LogP contribution in [0.2, 0.25) is 5.02 Å². The molecule has 0 bridgehead atoms. The number of aromatic nitrogens is 3. The summed E-state index contributed by atoms with van der Waals surface area (Å²) in [5, 5.41) is 9.82. The number of halogens is 1. The van der Waals surface area contributed by atoms with Crippen LogP contribution in [0.25, 0.3) is 0 Å². The fourth-order valence-electron chi connectivity index (χ4n) is 3.00. The molecule has 0 saturated heterocycles. The second kappa shape index (κ2) is 7.74. The predicted octanol–water partition coefficient (Wildman–Crippen LogP) is 1.42. The van der Waals surface area contributed by atoms with Crippen molar-refractivity contribution in [2.24, 2.45) is 0 Å². The number of carbonyl (C=O) groups is 2. The number of benzene rings is 1. The molecule has 3 rings (SSSR count). The molecule has 1 aliphatic heterocycles. The van der Waals surface area contributed by atoms with E-state index in [2.05, 4.69) is 15.7 Å². The SMILES string of the molecule is CNC(=O)c1cc(Cl)ccc1NC(=O)Cn1nc2n(c1=O)CCCCC2. The van der Waals surface area contributed by atoms with E-state index < -0.39 is 5.91 Å². The topological polar surface area (TPSA) is 98.0 Å². The second-order valence-corrected chi connectivity index (χ2v) is 6.57. The van der Waals surface area contributed by atoms with Crippen molar-refractivity contribution < 1.29 is 9.59 Å². The van der Waals surface area contributed by atoms with Crippen molar-refractivity contribution in [2.45, 2.75) is 38.8 Å². The zero-order valence-corrected chi connectivity index (χ0v) is 15.2. The van der Waals surface area contributed by atoms with E-state index in [1.807, 2.05) is 0 Å². The van der Waals surface area contributed by atoms with E-state index in [4.69, 9.17) is 11.6 Å². The zero-order chi connectivity index (χ0) is 18.7. The van der Waals surface area contributed by atoms with Gasteiger partial charge in [-0.2, -0.15) is 5.10 Å². The number of rotatable bonds is 4. The first-order valence-electron chi connectivity index (χ1n) is 8.47. The summed E-state index contributed by atoms with van der Waals surface area (Å²) in [6.07, 6.45) is 3.73. The Morgan fingerprint density at radius 1 is 1.27 bits per heavy atom. The number of aryl methyl sites for hydroxylation is 1. The van der Waals surface area contributed by atoms with Gasteiger partial charge in [-0.15, -0.1) is 0 Å². The maximum Gasteiger partial charge on any atom is 0.346 e. The minimum atomic E-state index is -0.437. The number of carbonyl (C=O) groups excluding carboxylic acids is 2. The number of hydrogen-bond donors (Lipinski definition) is 2. The zero-order valence-electron chi connectivity index (χ0n) is 14.4. The van der Waals surface area contributed by atoms with Crippen LogP contribution in [0.4, 0.5) is 5.69 Å². The van der Waals surface area contributed by atoms with Crippen molar-refractivity contribution in [1.29, 1.82) is 0 Å². The molecular weight excluding hydrogens is 358 g/mol. The van der Waals surface area contributed by atoms with Crippen LogP contribution in [-0.2, 0) is 24.3 Å². The molecule has 2 N–H and O–H groups in total. The van der Waals surface area contributed by atoms with Gasteiger partial charge in [0, 0.05) is 25.0 Å². The third-order valence-electron chi connectivity index (χ3n) is 4.30. The van der Waals surface area contributed by atoms with Crippen molar-refractivity contribution in [3.05, 3.63) is 45.1 Å². The summed E-state index contributed by atoms with van der Waals surface area (Å²) in [5.41, 5.74) is 0.300. The third-order valence-corrected chi connectivity index (χ3v) is 4.54. The molecule has 1 aromatic heterocycles. The fourth-order valence-corrected chi connectivity index (χ4v) is 3.17. The van der Waals surface area contributed by atoms with Gasteiger partial charge in [0.2, 0.25) is 5.91 Å². The molecule has 0 aliphatic carbocycles. The number of amides is 2. The van der Waals surface area contributed by atoms with Crippen LogP contribution < -0.4 is 16.3 Å². The average molecular weight is 378 g/mol. The summed E-state index contributed by atoms with van der Waals surface area (Å²) in [6.45, 7) is 0.419. The van der Waals surface area contributed by atoms with Gasteiger partial charge in [-0.3, -0.25) is 14.2 Å². The molecule has 2 amide bonds. The molecule has 0 fully saturated rings. The van der Waals surface area contributed by atoms with E-state index in [1.54, 1.807) is 16.7 Å². The van der Waals surface area contributed by atoms with Crippen LogP contribution >= 0.6 is 11.6 Å². The lowest BCUT2D eigenvalue weighted by atomic mass is 10.1. The number of anilines is 1. The van der Waals surface area contributed by atoms with Crippen LogP contribution in [0, 0.1) is 0 Å². The van der Waals surface area contributed by atoms with E-state index in [-0.39, 0.29) is 23.7 Å². The highest BCUT2D eigenvalue weighted by molar-refractivity contribution is 6.31. The van der Waals surface area contributed by atoms with Gasteiger partial charge in [0.25, 0.3) is 5.91 Å². The minimum Gasteiger partial charge on any atom is -0.355 e. The molecule has 0 atom stereocenters. The van der Waals surface area contributed by atoms with Gasteiger partial charge in [0.05, 0.1) is 11.3 Å². The second-order valence-electron chi connectivity index (χ2n) is 6.14. The number of nitrogens with zero attached hydrogens (tertiary/aromatic N) is 3. The number of fused-ring (bicyclic) bond motifs is 1. The maximum absolute atomic E-state index is 12.4. The predicted molar refractivity (Wildman–Crippen MR) is 97.5 cm³/mol. The Bertz CT molecular complexity index is 902. The Hall–Kier alpha value is -2.61. The van der Waals surface area contributed by atoms with Crippen LogP contribution in [-0.4, -0.2) is 33.2 Å². The third kappa shape index (κ3) is 3.80. The maximum atomic E-state index is 12.4. The van der Waals surface area contributed by atoms with Crippen LogP contribution in [0.3, 0.4) is 0 Å². The van der Waals surface area contributed by atoms with Crippen molar-refractivity contribution in [1.82, 2.24) is 19.7 Å². The molecule has 0 radical (unpaired) electrons. The Kier molecular flexibility index (Phi) is 5.41. The lowest BCUT2D eigenvalue weighted by molar-refractivity contribution is -0.117. The Morgan fingerprint density at radius 3 is 2.85 bits per heavy atom. The molecular formula is C17H20ClN5O3. The van der Waals surface area contributed by atoms with E-state index in [0.29, 0.717) is 17.3 Å². The summed E-state index contributed by atoms with van der Waals surface area (Å²) in [7, 11) is 1.49. The van der Waals surface area contributed by atoms with Crippen molar-refractivity contribution in [3.8, 4) is 0 Å². The van der Waals surface area contributed by atoms with E-state index >= 15 is 0 Å². The van der Waals surface area contributed by atoms with E-state index in [1.165, 1.54) is 17.8 Å². The van der Waals surface area contributed by atoms with Gasteiger partial charge in [0.15, 0.2) is 0 Å². The highest BCUT2D eigenvalue weighted by Gasteiger charge is 2.18. The molecule has 2 aromatic rings. The summed E-state index contributed by atoms with van der Waals surface area (Å²) in [5.74, 6) is -0.0839. The van der Waals surface area contributed by atoms with Crippen molar-refractivity contribution >= 4 is 29.1 Å². The summed E-state index contributed by atoms with van der Waals surface area (Å²) in [6, 6.07) is 4.60. The van der Waals surface area contributed by atoms with Crippen molar-refractivity contribution in [3.63, 3.8) is 0 Å². The minimum absolute atomic E-state index is 0.214. The first-order valence-corrected chi connectivity index (χ1v) is 8.85. The summed E-state index contributed by atoms with van der Waals surface area (Å²) in [4.78, 5) is 36.8. The number of nitrogens with one attached hydrogen (secondary N) is 2. The van der Waals surface area contributed by atoms with Crippen LogP contribution in [0.1, 0.15) is 35.4 Å². The molecule has 0 saturated carbocycles. The quantitative estimate of drug-likeness (QED) is 0.841. The van der Waals surface area contributed by atoms with Gasteiger partial charge >= 0.3 is 5.69 Å². The van der Waals surface area contributed by atoms with Gasteiger partial charge in [-0.1, -0.05) is 18.0 Å². The molecule has 8 nitrogen and oxygen atoms in total. The van der Waals surface area contributed by atoms with Gasteiger partial charge < -0.3 is 10.6 Å². The first kappa shape index (κ1) is 18.2. The van der Waals surface area contributed by atoms with Gasteiger partial charge in [-0.25, -0.2) is 9.48 Å². The molecule has 0 unspecified atom stereocenters. The lowest BCUT2D eigenvalue weighted by Gasteiger charge is -2.10. The van der Waals surface area contributed by atoms with Gasteiger partial charge in [-0.05, 0) is 31.0 Å². The van der Waals surface area contributed by atoms with Crippen LogP contribution in [0.15, 0.2) is 23.0 Å². The lowest BCUT2D eigenvalue weighted by Crippen LogP contribution is -2.30. The molecule has 2 heterocycles. The normalized spacial score (nSPS) is 13.6. The molecule has 9 heteroatoms. The molecule has 1 aliphatic rings. The summed E-state index contributed by atoms with van der Waals surface area (Å²) >= 11 is 5.93. The monoisotopic (exact) mass is 377 g/mol. The molecule has 1 aromatic carbocycles. The molecule has 0 spiro atoms. The smallest absolute Gasteiger partial charge is 0.346 e. The standard InChI is InChI=1S/C17H20ClN5O3/c1-19-16(25)12-9-11(18)6-7-13(12)20-15(24)10-23-17(26)22-8-4-2-3-5-14(22)21-23/h6-7,9H,2-5,8,10H2,1H3,(H,19,25)(H,20,24). The molecule has 26 heavy (non-hydrogen) atoms. The highest BCUT2D eigenvalue weighted by Crippen LogP contribution is 2.20. The van der Waals surface area contributed by atoms with E-state index in [9.17, 15) is 14.4 Å². The number of hydrogen-bond acceptors (Lipinski definition) is 4. The Labute approximate surface area is 155 Å². The fraction of sp³-hybridized carbons (Fsp3) is 0.412. The Morgan fingerprint density at radius 2 is 2.08 bits per heavy atom.